The van der Waals surface area contributed by atoms with Gasteiger partial charge in [0, 0.05) is 0 Å². The summed E-state index contributed by atoms with van der Waals surface area (Å²) in [5, 5.41) is 0. The van der Waals surface area contributed by atoms with Crippen LogP contribution in [-0.4, -0.2) is 0 Å². The maximum Gasteiger partial charge on any atom is -0.0298 e. The van der Waals surface area contributed by atoms with Crippen LogP contribution in [0.25, 0.3) is 0 Å². The van der Waals surface area contributed by atoms with Crippen molar-refractivity contribution in [2.45, 2.75) is 79.1 Å². The standard InChI is InChI=1S/C13H28/c1-5-9-13(10-6-2,11-7-3)12-8-4/h5-12H2,1-4H3. The molecule has 0 unspecified atom stereocenters. The normalized spacial score (nSPS) is 12.0. The Hall–Kier alpha value is 0. The van der Waals surface area contributed by atoms with E-state index in [1.165, 1.54) is 51.4 Å². The molecular formula is C13H28. The molecule has 0 aromatic carbocycles. The second-order valence-electron chi connectivity index (χ2n) is 4.50. The molecule has 0 rings (SSSR count). The monoisotopic (exact) mass is 184 g/mol. The average molecular weight is 184 g/mol. The smallest absolute Gasteiger partial charge is 0.0298 e. The maximum absolute atomic E-state index is 2.33. The zero-order valence-electron chi connectivity index (χ0n) is 10.2. The van der Waals surface area contributed by atoms with Gasteiger partial charge in [0.15, 0.2) is 0 Å². The SMILES string of the molecule is CCCC(CCC)(CCC)CCC. The summed E-state index contributed by atoms with van der Waals surface area (Å²) in [6, 6.07) is 0. The summed E-state index contributed by atoms with van der Waals surface area (Å²) in [5.41, 5.74) is 0.701. The Kier molecular flexibility index (Phi) is 7.41. The fourth-order valence-electron chi connectivity index (χ4n) is 2.87. The lowest BCUT2D eigenvalue weighted by molar-refractivity contribution is 0.190. The molecule has 0 amide bonds. The highest BCUT2D eigenvalue weighted by Gasteiger charge is 2.25. The molecular weight excluding hydrogens is 156 g/mol. The van der Waals surface area contributed by atoms with Gasteiger partial charge in [-0.3, -0.25) is 0 Å². The Labute approximate surface area is 85.1 Å². The first kappa shape index (κ1) is 13.0. The molecule has 13 heavy (non-hydrogen) atoms. The lowest BCUT2D eigenvalue weighted by Crippen LogP contribution is -2.20. The molecule has 0 aliphatic heterocycles. The van der Waals surface area contributed by atoms with Gasteiger partial charge >= 0.3 is 0 Å². The van der Waals surface area contributed by atoms with Crippen LogP contribution in [0, 0.1) is 5.41 Å². The molecule has 0 aromatic rings. The van der Waals surface area contributed by atoms with Crippen LogP contribution in [0.1, 0.15) is 79.1 Å². The van der Waals surface area contributed by atoms with Crippen molar-refractivity contribution in [3.63, 3.8) is 0 Å². The van der Waals surface area contributed by atoms with Gasteiger partial charge in [0.2, 0.25) is 0 Å². The minimum absolute atomic E-state index is 0.701. The van der Waals surface area contributed by atoms with E-state index in [2.05, 4.69) is 27.7 Å². The summed E-state index contributed by atoms with van der Waals surface area (Å²) in [7, 11) is 0. The first-order valence-electron chi connectivity index (χ1n) is 6.24. The summed E-state index contributed by atoms with van der Waals surface area (Å²) in [4.78, 5) is 0. The molecule has 0 aliphatic rings. The first-order valence-corrected chi connectivity index (χ1v) is 6.24. The lowest BCUT2D eigenvalue weighted by atomic mass is 9.72. The molecule has 0 nitrogen and oxygen atoms in total. The van der Waals surface area contributed by atoms with Gasteiger partial charge in [-0.25, -0.2) is 0 Å². The Bertz CT molecular complexity index is 75.1. The van der Waals surface area contributed by atoms with Gasteiger partial charge in [0.05, 0.1) is 0 Å². The van der Waals surface area contributed by atoms with E-state index >= 15 is 0 Å². The highest BCUT2D eigenvalue weighted by Crippen LogP contribution is 2.39. The van der Waals surface area contributed by atoms with E-state index in [-0.39, 0.29) is 0 Å². The van der Waals surface area contributed by atoms with E-state index in [1.807, 2.05) is 0 Å². The van der Waals surface area contributed by atoms with Crippen molar-refractivity contribution in [1.82, 2.24) is 0 Å². The van der Waals surface area contributed by atoms with Gasteiger partial charge in [-0.05, 0) is 31.1 Å². The fourth-order valence-corrected chi connectivity index (χ4v) is 2.87. The molecule has 0 saturated carbocycles. The maximum atomic E-state index is 2.33. The molecule has 0 heteroatoms. The van der Waals surface area contributed by atoms with Gasteiger partial charge < -0.3 is 0 Å². The van der Waals surface area contributed by atoms with Gasteiger partial charge in [-0.15, -0.1) is 0 Å². The van der Waals surface area contributed by atoms with E-state index in [4.69, 9.17) is 0 Å². The highest BCUT2D eigenvalue weighted by atomic mass is 14.3. The van der Waals surface area contributed by atoms with Crippen molar-refractivity contribution in [1.29, 1.82) is 0 Å². The third kappa shape index (κ3) is 4.69. The third-order valence-corrected chi connectivity index (χ3v) is 3.12. The lowest BCUT2D eigenvalue weighted by Gasteiger charge is -2.33. The summed E-state index contributed by atoms with van der Waals surface area (Å²) in [5.74, 6) is 0. The second-order valence-corrected chi connectivity index (χ2v) is 4.50. The average Bonchev–Trinajstić information content (AvgIpc) is 2.06. The first-order chi connectivity index (χ1) is 6.24. The van der Waals surface area contributed by atoms with Gasteiger partial charge in [-0.2, -0.15) is 0 Å². The minimum atomic E-state index is 0.701. The molecule has 0 fully saturated rings. The minimum Gasteiger partial charge on any atom is -0.0654 e. The Morgan fingerprint density at radius 3 is 0.923 bits per heavy atom. The molecule has 0 atom stereocenters. The molecule has 0 saturated heterocycles. The van der Waals surface area contributed by atoms with Crippen molar-refractivity contribution < 1.29 is 0 Å². The van der Waals surface area contributed by atoms with Gasteiger partial charge in [0.1, 0.15) is 0 Å². The largest absolute Gasteiger partial charge is 0.0654 e. The molecule has 0 aromatic heterocycles. The van der Waals surface area contributed by atoms with E-state index in [0.717, 1.165) is 0 Å². The number of hydrogen-bond donors (Lipinski definition) is 0. The Balaban J connectivity index is 4.19. The zero-order chi connectivity index (χ0) is 10.2. The van der Waals surface area contributed by atoms with Crippen LogP contribution < -0.4 is 0 Å². The molecule has 0 aliphatic carbocycles. The van der Waals surface area contributed by atoms with Crippen LogP contribution in [0.5, 0.6) is 0 Å². The second kappa shape index (κ2) is 7.41. The Morgan fingerprint density at radius 2 is 0.769 bits per heavy atom. The quantitative estimate of drug-likeness (QED) is 0.488. The molecule has 0 N–H and O–H groups in total. The van der Waals surface area contributed by atoms with Crippen LogP contribution in [0.3, 0.4) is 0 Å². The summed E-state index contributed by atoms with van der Waals surface area (Å²) in [6.07, 6.45) is 11.2. The van der Waals surface area contributed by atoms with Crippen LogP contribution in [0.2, 0.25) is 0 Å². The highest BCUT2D eigenvalue weighted by molar-refractivity contribution is 4.77. The molecule has 0 bridgehead atoms. The summed E-state index contributed by atoms with van der Waals surface area (Å²) in [6.45, 7) is 9.32. The topological polar surface area (TPSA) is 0 Å². The van der Waals surface area contributed by atoms with E-state index in [9.17, 15) is 0 Å². The van der Waals surface area contributed by atoms with Gasteiger partial charge in [0.25, 0.3) is 0 Å². The van der Waals surface area contributed by atoms with Crippen LogP contribution in [-0.2, 0) is 0 Å². The van der Waals surface area contributed by atoms with Gasteiger partial charge in [-0.1, -0.05) is 53.4 Å². The van der Waals surface area contributed by atoms with E-state index in [0.29, 0.717) is 5.41 Å². The van der Waals surface area contributed by atoms with Crippen molar-refractivity contribution >= 4 is 0 Å². The summed E-state index contributed by atoms with van der Waals surface area (Å²) < 4.78 is 0. The van der Waals surface area contributed by atoms with Crippen molar-refractivity contribution in [2.75, 3.05) is 0 Å². The third-order valence-electron chi connectivity index (χ3n) is 3.12. The predicted octanol–water partition coefficient (Wildman–Crippen LogP) is 5.17. The predicted molar refractivity (Wildman–Crippen MR) is 62.1 cm³/mol. The van der Waals surface area contributed by atoms with E-state index < -0.39 is 0 Å². The van der Waals surface area contributed by atoms with Crippen molar-refractivity contribution in [3.05, 3.63) is 0 Å². The number of hydrogen-bond acceptors (Lipinski definition) is 0. The fraction of sp³-hybridized carbons (Fsp3) is 1.00. The molecule has 80 valence electrons. The van der Waals surface area contributed by atoms with Crippen LogP contribution >= 0.6 is 0 Å². The molecule has 0 spiro atoms. The van der Waals surface area contributed by atoms with Crippen LogP contribution in [0.4, 0.5) is 0 Å². The van der Waals surface area contributed by atoms with Crippen LogP contribution in [0.15, 0.2) is 0 Å². The zero-order valence-corrected chi connectivity index (χ0v) is 10.2. The molecule has 0 radical (unpaired) electrons. The summed E-state index contributed by atoms with van der Waals surface area (Å²) >= 11 is 0. The Morgan fingerprint density at radius 1 is 0.538 bits per heavy atom. The number of rotatable bonds is 8. The van der Waals surface area contributed by atoms with Crippen molar-refractivity contribution in [2.24, 2.45) is 5.41 Å². The van der Waals surface area contributed by atoms with E-state index in [1.54, 1.807) is 0 Å². The molecule has 0 heterocycles. The van der Waals surface area contributed by atoms with Crippen molar-refractivity contribution in [3.8, 4) is 0 Å².